The van der Waals surface area contributed by atoms with Crippen LogP contribution in [0.3, 0.4) is 0 Å². The lowest BCUT2D eigenvalue weighted by Crippen LogP contribution is -1.96. The molecule has 0 unspecified atom stereocenters. The fourth-order valence-electron chi connectivity index (χ4n) is 7.24. The van der Waals surface area contributed by atoms with E-state index in [-0.39, 0.29) is 0 Å². The van der Waals surface area contributed by atoms with Gasteiger partial charge in [0.05, 0.1) is 22.1 Å². The Kier molecular flexibility index (Phi) is 6.11. The zero-order valence-corrected chi connectivity index (χ0v) is 26.4. The molecule has 0 atom stereocenters. The van der Waals surface area contributed by atoms with E-state index in [1.54, 1.807) is 0 Å². The Morgan fingerprint density at radius 1 is 0.367 bits per heavy atom. The second-order valence-corrected chi connectivity index (χ2v) is 12.3. The standard InChI is InChI=1S/C44H28N4O/c1-3-11-29(12-4-1)32-21-25-41-37(27-32)35-15-7-10-18-40(35)48(41)34-24-26-42-38(28-34)36-16-8-9-17-39(36)47(42)33-22-19-31(20-23-33)44-45-43(46-49-44)30-13-5-2-6-14-30/h1-28H. The molecule has 0 amide bonds. The monoisotopic (exact) mass is 628 g/mol. The van der Waals surface area contributed by atoms with Crippen LogP contribution in [0.4, 0.5) is 0 Å². The quantitative estimate of drug-likeness (QED) is 0.191. The maximum Gasteiger partial charge on any atom is 0.258 e. The smallest absolute Gasteiger partial charge is 0.258 e. The highest BCUT2D eigenvalue weighted by atomic mass is 16.5. The molecule has 0 N–H and O–H groups in total. The van der Waals surface area contributed by atoms with Crippen LogP contribution in [-0.4, -0.2) is 19.3 Å². The van der Waals surface area contributed by atoms with Crippen LogP contribution in [0, 0.1) is 0 Å². The predicted octanol–water partition coefficient (Wildman–Crippen LogP) is 11.3. The Morgan fingerprint density at radius 3 is 1.57 bits per heavy atom. The van der Waals surface area contributed by atoms with E-state index in [2.05, 4.69) is 147 Å². The van der Waals surface area contributed by atoms with E-state index in [4.69, 9.17) is 4.52 Å². The van der Waals surface area contributed by atoms with E-state index in [1.165, 1.54) is 43.7 Å². The summed E-state index contributed by atoms with van der Waals surface area (Å²) in [5.74, 6) is 1.08. The van der Waals surface area contributed by atoms with Crippen molar-refractivity contribution in [1.82, 2.24) is 19.3 Å². The third kappa shape index (κ3) is 4.40. The predicted molar refractivity (Wildman–Crippen MR) is 199 cm³/mol. The molecule has 10 aromatic rings. The Morgan fingerprint density at radius 2 is 0.878 bits per heavy atom. The molecule has 3 aromatic heterocycles. The molecule has 0 saturated carbocycles. The second kappa shape index (κ2) is 10.9. The summed E-state index contributed by atoms with van der Waals surface area (Å²) in [6, 6.07) is 59.8. The number of rotatable bonds is 5. The first-order valence-electron chi connectivity index (χ1n) is 16.4. The molecule has 49 heavy (non-hydrogen) atoms. The SMILES string of the molecule is c1ccc(-c2ccc3c(c2)c2ccccc2n3-c2ccc3c(c2)c2ccccc2n3-c2ccc(-c3nc(-c4ccccc4)no3)cc2)cc1. The number of para-hydroxylation sites is 2. The first kappa shape index (κ1) is 27.4. The van der Waals surface area contributed by atoms with Gasteiger partial charge in [-0.05, 0) is 77.9 Å². The summed E-state index contributed by atoms with van der Waals surface area (Å²) >= 11 is 0. The summed E-state index contributed by atoms with van der Waals surface area (Å²) in [6.45, 7) is 0. The maximum atomic E-state index is 5.64. The number of aromatic nitrogens is 4. The molecule has 0 saturated heterocycles. The molecule has 230 valence electrons. The van der Waals surface area contributed by atoms with Gasteiger partial charge in [-0.3, -0.25) is 0 Å². The summed E-state index contributed by atoms with van der Waals surface area (Å²) < 4.78 is 10.4. The lowest BCUT2D eigenvalue weighted by molar-refractivity contribution is 0.432. The molecule has 0 aliphatic heterocycles. The van der Waals surface area contributed by atoms with Crippen molar-refractivity contribution in [2.24, 2.45) is 0 Å². The maximum absolute atomic E-state index is 5.64. The van der Waals surface area contributed by atoms with E-state index in [1.807, 2.05) is 42.5 Å². The molecular weight excluding hydrogens is 601 g/mol. The average molecular weight is 629 g/mol. The number of fused-ring (bicyclic) bond motifs is 6. The molecular formula is C44H28N4O. The van der Waals surface area contributed by atoms with Crippen LogP contribution in [0.15, 0.2) is 174 Å². The van der Waals surface area contributed by atoms with E-state index in [0.29, 0.717) is 11.7 Å². The highest BCUT2D eigenvalue weighted by Crippen LogP contribution is 2.38. The molecule has 5 heteroatoms. The van der Waals surface area contributed by atoms with Gasteiger partial charge in [0, 0.05) is 44.0 Å². The van der Waals surface area contributed by atoms with Crippen molar-refractivity contribution in [3.63, 3.8) is 0 Å². The fourth-order valence-corrected chi connectivity index (χ4v) is 7.24. The third-order valence-electron chi connectivity index (χ3n) is 9.52. The van der Waals surface area contributed by atoms with E-state index < -0.39 is 0 Å². The molecule has 5 nitrogen and oxygen atoms in total. The lowest BCUT2D eigenvalue weighted by Gasteiger charge is -2.11. The van der Waals surface area contributed by atoms with Crippen molar-refractivity contribution in [3.05, 3.63) is 170 Å². The van der Waals surface area contributed by atoms with Gasteiger partial charge in [0.25, 0.3) is 5.89 Å². The minimum Gasteiger partial charge on any atom is -0.334 e. The number of hydrogen-bond acceptors (Lipinski definition) is 3. The molecule has 0 aliphatic rings. The molecule has 0 spiro atoms. The summed E-state index contributed by atoms with van der Waals surface area (Å²) in [7, 11) is 0. The zero-order chi connectivity index (χ0) is 32.3. The van der Waals surface area contributed by atoms with Gasteiger partial charge in [0.1, 0.15) is 0 Å². The van der Waals surface area contributed by atoms with Gasteiger partial charge >= 0.3 is 0 Å². The summed E-state index contributed by atoms with van der Waals surface area (Å²) in [5, 5.41) is 9.11. The lowest BCUT2D eigenvalue weighted by atomic mass is 10.0. The van der Waals surface area contributed by atoms with Gasteiger partial charge in [-0.2, -0.15) is 4.98 Å². The highest BCUT2D eigenvalue weighted by Gasteiger charge is 2.17. The van der Waals surface area contributed by atoms with Gasteiger partial charge < -0.3 is 13.7 Å². The van der Waals surface area contributed by atoms with Crippen molar-refractivity contribution in [3.8, 4) is 45.3 Å². The van der Waals surface area contributed by atoms with Crippen LogP contribution >= 0.6 is 0 Å². The van der Waals surface area contributed by atoms with Gasteiger partial charge in [-0.25, -0.2) is 0 Å². The number of benzene rings is 7. The Hall–Kier alpha value is -6.72. The van der Waals surface area contributed by atoms with Crippen LogP contribution in [-0.2, 0) is 0 Å². The molecule has 0 bridgehead atoms. The van der Waals surface area contributed by atoms with Crippen LogP contribution < -0.4 is 0 Å². The number of hydrogen-bond donors (Lipinski definition) is 0. The minimum absolute atomic E-state index is 0.499. The summed E-state index contributed by atoms with van der Waals surface area (Å²) in [6.07, 6.45) is 0. The van der Waals surface area contributed by atoms with Gasteiger partial charge in [-0.1, -0.05) is 108 Å². The van der Waals surface area contributed by atoms with Gasteiger partial charge in [-0.15, -0.1) is 0 Å². The van der Waals surface area contributed by atoms with Crippen molar-refractivity contribution in [2.75, 3.05) is 0 Å². The molecule has 0 aliphatic carbocycles. The highest BCUT2D eigenvalue weighted by molar-refractivity contribution is 6.12. The van der Waals surface area contributed by atoms with E-state index >= 15 is 0 Å². The number of nitrogens with zero attached hydrogens (tertiary/aromatic N) is 4. The van der Waals surface area contributed by atoms with E-state index in [0.717, 1.165) is 33.5 Å². The zero-order valence-electron chi connectivity index (χ0n) is 26.4. The second-order valence-electron chi connectivity index (χ2n) is 12.3. The van der Waals surface area contributed by atoms with E-state index in [9.17, 15) is 0 Å². The van der Waals surface area contributed by atoms with Crippen LogP contribution in [0.25, 0.3) is 89.0 Å². The first-order valence-corrected chi connectivity index (χ1v) is 16.4. The molecule has 7 aromatic carbocycles. The minimum atomic E-state index is 0.499. The first-order chi connectivity index (χ1) is 24.3. The van der Waals surface area contributed by atoms with Crippen LogP contribution in [0.2, 0.25) is 0 Å². The Balaban J connectivity index is 1.10. The molecule has 10 rings (SSSR count). The topological polar surface area (TPSA) is 48.8 Å². The van der Waals surface area contributed by atoms with Crippen molar-refractivity contribution < 1.29 is 4.52 Å². The average Bonchev–Trinajstić information content (AvgIpc) is 3.89. The van der Waals surface area contributed by atoms with Crippen LogP contribution in [0.5, 0.6) is 0 Å². The molecule has 3 heterocycles. The van der Waals surface area contributed by atoms with Crippen molar-refractivity contribution in [1.29, 1.82) is 0 Å². The Labute approximate surface area is 281 Å². The fraction of sp³-hybridized carbons (Fsp3) is 0. The summed E-state index contributed by atoms with van der Waals surface area (Å²) in [4.78, 5) is 4.65. The van der Waals surface area contributed by atoms with Crippen molar-refractivity contribution >= 4 is 43.6 Å². The largest absolute Gasteiger partial charge is 0.334 e. The Bertz CT molecular complexity index is 2810. The third-order valence-corrected chi connectivity index (χ3v) is 9.52. The normalized spacial score (nSPS) is 11.7. The van der Waals surface area contributed by atoms with Crippen LogP contribution in [0.1, 0.15) is 0 Å². The van der Waals surface area contributed by atoms with Gasteiger partial charge in [0.2, 0.25) is 5.82 Å². The summed E-state index contributed by atoms with van der Waals surface area (Å²) in [5.41, 5.74) is 11.1. The van der Waals surface area contributed by atoms with Crippen molar-refractivity contribution in [2.45, 2.75) is 0 Å². The molecule has 0 fully saturated rings. The van der Waals surface area contributed by atoms with Gasteiger partial charge in [0.15, 0.2) is 0 Å². The molecule has 0 radical (unpaired) electrons.